The zero-order valence-corrected chi connectivity index (χ0v) is 16.2. The molecule has 4 aromatic rings. The van der Waals surface area contributed by atoms with Crippen LogP contribution in [0.25, 0.3) is 21.8 Å². The van der Waals surface area contributed by atoms with Gasteiger partial charge in [-0.15, -0.1) is 0 Å². The molecule has 3 heterocycles. The number of hydrogen-bond donors (Lipinski definition) is 0. The number of rotatable bonds is 7. The first-order chi connectivity index (χ1) is 14.3. The minimum absolute atomic E-state index is 0.000154. The van der Waals surface area contributed by atoms with Crippen LogP contribution in [0.4, 0.5) is 4.39 Å². The van der Waals surface area contributed by atoms with Crippen LogP contribution in [0.2, 0.25) is 0 Å². The molecule has 6 heteroatoms. The van der Waals surface area contributed by atoms with Crippen LogP contribution in [0, 0.1) is 0 Å². The van der Waals surface area contributed by atoms with Crippen molar-refractivity contribution in [3.63, 3.8) is 0 Å². The number of alkyl halides is 1. The number of imidazole rings is 1. The van der Waals surface area contributed by atoms with Crippen LogP contribution in [0.1, 0.15) is 43.0 Å². The van der Waals surface area contributed by atoms with Gasteiger partial charge in [-0.25, -0.2) is 4.79 Å². The Balaban J connectivity index is 1.63. The molecule has 0 unspecified atom stereocenters. The fourth-order valence-electron chi connectivity index (χ4n) is 4.19. The molecule has 5 nitrogen and oxygen atoms in total. The number of halogens is 1. The number of benzene rings is 1. The number of nitrogens with zero attached hydrogens (tertiary/aromatic N) is 4. The summed E-state index contributed by atoms with van der Waals surface area (Å²) in [5.74, 6) is 0. The van der Waals surface area contributed by atoms with E-state index in [4.69, 9.17) is 4.98 Å². The van der Waals surface area contributed by atoms with Gasteiger partial charge in [-0.3, -0.25) is 23.5 Å². The van der Waals surface area contributed by atoms with E-state index in [-0.39, 0.29) is 12.4 Å². The van der Waals surface area contributed by atoms with Gasteiger partial charge in [0.2, 0.25) is 0 Å². The molecule has 3 aromatic heterocycles. The molecule has 1 saturated carbocycles. The van der Waals surface area contributed by atoms with E-state index in [1.54, 1.807) is 17.0 Å². The normalized spacial score (nSPS) is 14.1. The maximum atomic E-state index is 13.2. The molecule has 0 amide bonds. The molecular formula is C23H23FN4O. The molecule has 0 radical (unpaired) electrons. The summed E-state index contributed by atoms with van der Waals surface area (Å²) in [7, 11) is 0. The fourth-order valence-corrected chi connectivity index (χ4v) is 4.19. The Kier molecular flexibility index (Phi) is 4.62. The molecule has 5 rings (SSSR count). The van der Waals surface area contributed by atoms with Crippen molar-refractivity contribution in [3.05, 3.63) is 70.7 Å². The van der Waals surface area contributed by atoms with Crippen LogP contribution in [0.15, 0.2) is 53.7 Å². The van der Waals surface area contributed by atoms with Gasteiger partial charge in [-0.1, -0.05) is 24.3 Å². The van der Waals surface area contributed by atoms with Crippen molar-refractivity contribution in [1.29, 1.82) is 0 Å². The third kappa shape index (κ3) is 3.22. The number of unbranched alkanes of at least 4 members (excludes halogenated alkanes) is 1. The maximum absolute atomic E-state index is 13.2. The lowest BCUT2D eigenvalue weighted by Crippen LogP contribution is -2.25. The Morgan fingerprint density at radius 1 is 1.07 bits per heavy atom. The van der Waals surface area contributed by atoms with Crippen LogP contribution >= 0.6 is 0 Å². The van der Waals surface area contributed by atoms with Gasteiger partial charge in [-0.2, -0.15) is 0 Å². The van der Waals surface area contributed by atoms with Crippen molar-refractivity contribution < 1.29 is 4.39 Å². The van der Waals surface area contributed by atoms with E-state index in [0.717, 1.165) is 58.7 Å². The third-order valence-electron chi connectivity index (χ3n) is 5.79. The van der Waals surface area contributed by atoms with Gasteiger partial charge >= 0.3 is 5.69 Å². The SMILES string of the molecule is O=c1n(Cc2ncc3ccccc3c2CCCCF)c2cnccc2n1C1CC1. The van der Waals surface area contributed by atoms with Crippen molar-refractivity contribution in [2.75, 3.05) is 6.67 Å². The van der Waals surface area contributed by atoms with Crippen molar-refractivity contribution in [2.24, 2.45) is 0 Å². The third-order valence-corrected chi connectivity index (χ3v) is 5.79. The van der Waals surface area contributed by atoms with Gasteiger partial charge in [0.05, 0.1) is 36.1 Å². The topological polar surface area (TPSA) is 52.7 Å². The molecule has 1 aliphatic rings. The molecule has 1 aliphatic carbocycles. The number of fused-ring (bicyclic) bond motifs is 2. The first-order valence-electron chi connectivity index (χ1n) is 10.2. The highest BCUT2D eigenvalue weighted by atomic mass is 19.1. The number of pyridine rings is 2. The van der Waals surface area contributed by atoms with Crippen molar-refractivity contribution in [2.45, 2.75) is 44.7 Å². The number of aromatic nitrogens is 4. The molecule has 0 bridgehead atoms. The van der Waals surface area contributed by atoms with E-state index < -0.39 is 0 Å². The van der Waals surface area contributed by atoms with E-state index in [1.165, 1.54) is 0 Å². The number of aryl methyl sites for hydroxylation is 1. The minimum Gasteiger partial charge on any atom is -0.289 e. The van der Waals surface area contributed by atoms with E-state index in [1.807, 2.05) is 35.0 Å². The second kappa shape index (κ2) is 7.43. The minimum atomic E-state index is -0.312. The monoisotopic (exact) mass is 390 g/mol. The highest BCUT2D eigenvalue weighted by Gasteiger charge is 2.29. The van der Waals surface area contributed by atoms with Crippen molar-refractivity contribution in [1.82, 2.24) is 19.1 Å². The van der Waals surface area contributed by atoms with E-state index in [9.17, 15) is 9.18 Å². The Morgan fingerprint density at radius 3 is 2.76 bits per heavy atom. The fraction of sp³-hybridized carbons (Fsp3) is 0.348. The molecular weight excluding hydrogens is 367 g/mol. The highest BCUT2D eigenvalue weighted by Crippen LogP contribution is 2.36. The van der Waals surface area contributed by atoms with Gasteiger partial charge in [0.1, 0.15) is 0 Å². The molecule has 0 N–H and O–H groups in total. The Hall–Kier alpha value is -3.02. The van der Waals surface area contributed by atoms with E-state index in [0.29, 0.717) is 19.0 Å². The Morgan fingerprint density at radius 2 is 1.93 bits per heavy atom. The second-order valence-electron chi connectivity index (χ2n) is 7.75. The van der Waals surface area contributed by atoms with Gasteiger partial charge < -0.3 is 0 Å². The van der Waals surface area contributed by atoms with E-state index >= 15 is 0 Å². The summed E-state index contributed by atoms with van der Waals surface area (Å²) in [6.07, 6.45) is 9.51. The van der Waals surface area contributed by atoms with Gasteiger partial charge in [0.15, 0.2) is 0 Å². The largest absolute Gasteiger partial charge is 0.329 e. The summed E-state index contributed by atoms with van der Waals surface area (Å²) in [4.78, 5) is 22.2. The highest BCUT2D eigenvalue weighted by molar-refractivity contribution is 5.85. The molecule has 0 spiro atoms. The molecule has 0 saturated heterocycles. The standard InChI is InChI=1S/C23H23FN4O/c24-11-4-3-7-19-18-6-2-1-5-16(18)13-26-20(19)15-27-22-14-25-12-10-21(22)28(23(27)29)17-8-9-17/h1-2,5-6,10,12-14,17H,3-4,7-9,11,15H2. The van der Waals surface area contributed by atoms with Crippen LogP contribution in [0.3, 0.4) is 0 Å². The van der Waals surface area contributed by atoms with Crippen LogP contribution in [0.5, 0.6) is 0 Å². The summed E-state index contributed by atoms with van der Waals surface area (Å²) < 4.78 is 16.4. The average Bonchev–Trinajstić information content (AvgIpc) is 3.54. The summed E-state index contributed by atoms with van der Waals surface area (Å²) in [5, 5.41) is 2.20. The smallest absolute Gasteiger partial charge is 0.289 e. The van der Waals surface area contributed by atoms with Gasteiger partial charge in [0, 0.05) is 23.8 Å². The Bertz CT molecular complexity index is 1240. The molecule has 0 atom stereocenters. The lowest BCUT2D eigenvalue weighted by atomic mass is 9.99. The summed E-state index contributed by atoms with van der Waals surface area (Å²) in [6, 6.07) is 10.3. The van der Waals surface area contributed by atoms with Gasteiger partial charge in [-0.05, 0) is 49.1 Å². The molecule has 0 aliphatic heterocycles. The van der Waals surface area contributed by atoms with Gasteiger partial charge in [0.25, 0.3) is 0 Å². The quantitative estimate of drug-likeness (QED) is 0.439. The van der Waals surface area contributed by atoms with Crippen LogP contribution in [-0.4, -0.2) is 25.8 Å². The van der Waals surface area contributed by atoms with Crippen LogP contribution < -0.4 is 5.69 Å². The summed E-state index contributed by atoms with van der Waals surface area (Å²) >= 11 is 0. The molecule has 29 heavy (non-hydrogen) atoms. The zero-order chi connectivity index (χ0) is 19.8. The molecule has 1 aromatic carbocycles. The maximum Gasteiger partial charge on any atom is 0.329 e. The first-order valence-corrected chi connectivity index (χ1v) is 10.2. The second-order valence-corrected chi connectivity index (χ2v) is 7.75. The predicted molar refractivity (Wildman–Crippen MR) is 112 cm³/mol. The molecule has 1 fully saturated rings. The Labute approximate surface area is 167 Å². The van der Waals surface area contributed by atoms with Crippen molar-refractivity contribution in [3.8, 4) is 0 Å². The van der Waals surface area contributed by atoms with E-state index in [2.05, 4.69) is 11.1 Å². The van der Waals surface area contributed by atoms with Crippen LogP contribution in [-0.2, 0) is 13.0 Å². The van der Waals surface area contributed by atoms with Crippen molar-refractivity contribution >= 4 is 21.8 Å². The number of hydrogen-bond acceptors (Lipinski definition) is 3. The summed E-state index contributed by atoms with van der Waals surface area (Å²) in [6.45, 7) is 0.0874. The first kappa shape index (κ1) is 18.0. The zero-order valence-electron chi connectivity index (χ0n) is 16.2. The lowest BCUT2D eigenvalue weighted by molar-refractivity contribution is 0.462. The molecule has 148 valence electrons. The summed E-state index contributed by atoms with van der Waals surface area (Å²) in [5.41, 5.74) is 3.77. The lowest BCUT2D eigenvalue weighted by Gasteiger charge is -2.13. The predicted octanol–water partition coefficient (Wildman–Crippen LogP) is 4.42. The average molecular weight is 390 g/mol.